The Morgan fingerprint density at radius 3 is 2.46 bits per heavy atom. The maximum Gasteiger partial charge on any atom is 0.154 e. The number of aliphatic imine (C=N–C) groups is 1. The number of benzene rings is 3. The van der Waals surface area contributed by atoms with Gasteiger partial charge in [0.25, 0.3) is 0 Å². The number of ether oxygens (including phenoxy) is 1. The third-order valence-corrected chi connectivity index (χ3v) is 4.36. The molecule has 128 valence electrons. The van der Waals surface area contributed by atoms with Crippen molar-refractivity contribution in [1.82, 2.24) is 5.43 Å². The summed E-state index contributed by atoms with van der Waals surface area (Å²) in [6.45, 7) is 0. The summed E-state index contributed by atoms with van der Waals surface area (Å²) < 4.78 is 5.22. The molecule has 0 unspecified atom stereocenters. The second-order valence-corrected chi connectivity index (χ2v) is 6.23. The molecule has 4 rings (SSSR count). The maximum absolute atomic E-state index is 6.17. The zero-order chi connectivity index (χ0) is 17.9. The molecule has 1 heterocycles. The van der Waals surface area contributed by atoms with E-state index in [4.69, 9.17) is 21.3 Å². The van der Waals surface area contributed by atoms with Gasteiger partial charge in [0.05, 0.1) is 12.8 Å². The van der Waals surface area contributed by atoms with Crippen LogP contribution in [0.2, 0.25) is 5.02 Å². The fraction of sp³-hybridized carbons (Fsp3) is 0.0476. The van der Waals surface area contributed by atoms with Crippen molar-refractivity contribution in [2.45, 2.75) is 0 Å². The summed E-state index contributed by atoms with van der Waals surface area (Å²) in [7, 11) is 1.65. The van der Waals surface area contributed by atoms with Crippen LogP contribution in [-0.4, -0.2) is 18.7 Å². The van der Waals surface area contributed by atoms with Crippen LogP contribution < -0.4 is 10.2 Å². The van der Waals surface area contributed by atoms with Gasteiger partial charge in [0.15, 0.2) is 5.84 Å². The monoisotopic (exact) mass is 361 g/mol. The summed E-state index contributed by atoms with van der Waals surface area (Å²) in [4.78, 5) is 4.78. The largest absolute Gasteiger partial charge is 0.497 e. The minimum absolute atomic E-state index is 0.670. The molecule has 0 radical (unpaired) electrons. The van der Waals surface area contributed by atoms with Gasteiger partial charge in [-0.05, 0) is 42.5 Å². The van der Waals surface area contributed by atoms with Crippen molar-refractivity contribution in [3.8, 4) is 5.75 Å². The second kappa shape index (κ2) is 7.02. The zero-order valence-electron chi connectivity index (χ0n) is 14.1. The number of amidine groups is 1. The Labute approximate surface area is 156 Å². The fourth-order valence-corrected chi connectivity index (χ4v) is 3.01. The molecular weight excluding hydrogens is 346 g/mol. The molecule has 3 aromatic carbocycles. The number of hydrogen-bond donors (Lipinski definition) is 1. The van der Waals surface area contributed by atoms with Crippen molar-refractivity contribution in [1.29, 1.82) is 0 Å². The van der Waals surface area contributed by atoms with Gasteiger partial charge < -0.3 is 4.74 Å². The molecule has 0 aromatic heterocycles. The third-order valence-electron chi connectivity index (χ3n) is 4.13. The Balaban J connectivity index is 1.81. The van der Waals surface area contributed by atoms with Gasteiger partial charge in [0.1, 0.15) is 11.5 Å². The van der Waals surface area contributed by atoms with E-state index in [2.05, 4.69) is 10.5 Å². The minimum Gasteiger partial charge on any atom is -0.497 e. The lowest BCUT2D eigenvalue weighted by Crippen LogP contribution is -2.19. The average molecular weight is 362 g/mol. The molecule has 0 atom stereocenters. The van der Waals surface area contributed by atoms with Gasteiger partial charge in [-0.2, -0.15) is 5.10 Å². The van der Waals surface area contributed by atoms with E-state index in [1.807, 2.05) is 72.8 Å². The summed E-state index contributed by atoms with van der Waals surface area (Å²) in [6, 6.07) is 23.3. The molecule has 3 aromatic rings. The highest BCUT2D eigenvalue weighted by atomic mass is 35.5. The molecular formula is C21H16ClN3O. The Bertz CT molecular complexity index is 1010. The Kier molecular flexibility index (Phi) is 4.42. The molecule has 0 aliphatic carbocycles. The number of nitrogens with one attached hydrogen (secondary N) is 1. The van der Waals surface area contributed by atoms with E-state index in [1.165, 1.54) is 0 Å². The molecule has 1 aliphatic rings. The molecule has 0 saturated heterocycles. The van der Waals surface area contributed by atoms with E-state index in [9.17, 15) is 0 Å². The van der Waals surface area contributed by atoms with E-state index in [1.54, 1.807) is 7.11 Å². The van der Waals surface area contributed by atoms with Crippen LogP contribution in [0.15, 0.2) is 82.9 Å². The molecule has 0 fully saturated rings. The van der Waals surface area contributed by atoms with Crippen LogP contribution in [0.1, 0.15) is 16.7 Å². The minimum atomic E-state index is 0.670. The zero-order valence-corrected chi connectivity index (χ0v) is 14.9. The predicted octanol–water partition coefficient (Wildman–Crippen LogP) is 4.78. The van der Waals surface area contributed by atoms with Crippen LogP contribution in [0.4, 0.5) is 5.69 Å². The predicted molar refractivity (Wildman–Crippen MR) is 106 cm³/mol. The van der Waals surface area contributed by atoms with Crippen LogP contribution >= 0.6 is 11.6 Å². The molecule has 5 heteroatoms. The van der Waals surface area contributed by atoms with Crippen molar-refractivity contribution >= 4 is 28.8 Å². The molecule has 0 amide bonds. The quantitative estimate of drug-likeness (QED) is 0.729. The first kappa shape index (κ1) is 16.4. The first-order chi connectivity index (χ1) is 12.7. The van der Waals surface area contributed by atoms with E-state index in [0.717, 1.165) is 33.8 Å². The van der Waals surface area contributed by atoms with Gasteiger partial charge >= 0.3 is 0 Å². The fourth-order valence-electron chi connectivity index (χ4n) is 2.82. The van der Waals surface area contributed by atoms with Crippen LogP contribution in [-0.2, 0) is 0 Å². The lowest BCUT2D eigenvalue weighted by Gasteiger charge is -2.07. The van der Waals surface area contributed by atoms with Crippen LogP contribution in [0.3, 0.4) is 0 Å². The standard InChI is InChI=1S/C21H16ClN3O/c1-26-17-11-9-14(10-12-17)21-23-19-8-3-2-7-18(19)20(24-25-21)15-5-4-6-16(22)13-15/h2-13H,1H3,(H,23,25). The van der Waals surface area contributed by atoms with Crippen molar-refractivity contribution in [2.75, 3.05) is 7.11 Å². The molecule has 1 N–H and O–H groups in total. The number of rotatable bonds is 3. The summed E-state index contributed by atoms with van der Waals surface area (Å²) in [5, 5.41) is 5.29. The van der Waals surface area contributed by atoms with Crippen molar-refractivity contribution in [2.24, 2.45) is 10.1 Å². The van der Waals surface area contributed by atoms with E-state index in [0.29, 0.717) is 10.9 Å². The summed E-state index contributed by atoms with van der Waals surface area (Å²) in [5.74, 6) is 1.48. The number of methoxy groups -OCH3 is 1. The first-order valence-corrected chi connectivity index (χ1v) is 8.54. The van der Waals surface area contributed by atoms with E-state index < -0.39 is 0 Å². The lowest BCUT2D eigenvalue weighted by atomic mass is 10.0. The van der Waals surface area contributed by atoms with Gasteiger partial charge in [-0.3, -0.25) is 5.43 Å². The number of para-hydroxylation sites is 1. The van der Waals surface area contributed by atoms with Crippen molar-refractivity contribution in [3.05, 3.63) is 94.5 Å². The number of halogens is 1. The smallest absolute Gasteiger partial charge is 0.154 e. The van der Waals surface area contributed by atoms with Crippen LogP contribution in [0, 0.1) is 0 Å². The van der Waals surface area contributed by atoms with Gasteiger partial charge in [-0.1, -0.05) is 41.9 Å². The molecule has 0 bridgehead atoms. The molecule has 0 spiro atoms. The topological polar surface area (TPSA) is 46.0 Å². The van der Waals surface area contributed by atoms with E-state index >= 15 is 0 Å². The normalized spacial score (nSPS) is 13.0. The highest BCUT2D eigenvalue weighted by molar-refractivity contribution is 6.31. The average Bonchev–Trinajstić information content (AvgIpc) is 2.88. The number of hydrazone groups is 1. The lowest BCUT2D eigenvalue weighted by molar-refractivity contribution is 0.415. The third kappa shape index (κ3) is 3.19. The van der Waals surface area contributed by atoms with Crippen molar-refractivity contribution < 1.29 is 4.74 Å². The Morgan fingerprint density at radius 1 is 0.885 bits per heavy atom. The summed E-state index contributed by atoms with van der Waals surface area (Å²) >= 11 is 6.17. The van der Waals surface area contributed by atoms with Crippen LogP contribution in [0.5, 0.6) is 5.75 Å². The summed E-state index contributed by atoms with van der Waals surface area (Å²) in [6.07, 6.45) is 0. The molecule has 4 nitrogen and oxygen atoms in total. The summed E-state index contributed by atoms with van der Waals surface area (Å²) in [5.41, 5.74) is 7.57. The Morgan fingerprint density at radius 2 is 1.69 bits per heavy atom. The maximum atomic E-state index is 6.17. The Hall–Kier alpha value is -3.11. The van der Waals surface area contributed by atoms with Crippen LogP contribution in [0.25, 0.3) is 0 Å². The molecule has 1 aliphatic heterocycles. The number of hydrogen-bond acceptors (Lipinski definition) is 4. The van der Waals surface area contributed by atoms with Crippen molar-refractivity contribution in [3.63, 3.8) is 0 Å². The number of fused-ring (bicyclic) bond motifs is 1. The highest BCUT2D eigenvalue weighted by Crippen LogP contribution is 2.26. The van der Waals surface area contributed by atoms with Gasteiger partial charge in [-0.25, -0.2) is 4.99 Å². The van der Waals surface area contributed by atoms with Gasteiger partial charge in [0.2, 0.25) is 0 Å². The molecule has 26 heavy (non-hydrogen) atoms. The number of nitrogens with zero attached hydrogens (tertiary/aromatic N) is 2. The van der Waals surface area contributed by atoms with Gasteiger partial charge in [-0.15, -0.1) is 0 Å². The first-order valence-electron chi connectivity index (χ1n) is 8.17. The molecule has 0 saturated carbocycles. The van der Waals surface area contributed by atoms with E-state index in [-0.39, 0.29) is 0 Å². The van der Waals surface area contributed by atoms with Gasteiger partial charge in [0, 0.05) is 21.7 Å². The highest BCUT2D eigenvalue weighted by Gasteiger charge is 2.17. The second-order valence-electron chi connectivity index (χ2n) is 5.79. The SMILES string of the molecule is COc1ccc(C2=Nc3ccccc3C(c3cccc(Cl)c3)=NN2)cc1.